The molecule has 0 radical (unpaired) electrons. The summed E-state index contributed by atoms with van der Waals surface area (Å²) < 4.78 is 0. The molecule has 1 aromatic carbocycles. The number of hydrogen-bond acceptors (Lipinski definition) is 2. The van der Waals surface area contributed by atoms with E-state index in [-0.39, 0.29) is 0 Å². The van der Waals surface area contributed by atoms with E-state index in [0.29, 0.717) is 12.0 Å². The standard InChI is InChI=1S/C13H12ClNS/c14-9-3-1-8(2-4-9)12-5-6-13(16-12)10-7-11(10)15/h1-6,10-11H,7,15H2/t10-,11-/m1/s1. The number of thiophene rings is 1. The van der Waals surface area contributed by atoms with Crippen LogP contribution >= 0.6 is 22.9 Å². The minimum absolute atomic E-state index is 0.386. The Labute approximate surface area is 104 Å². The molecular formula is C13H12ClNS. The third-order valence-corrected chi connectivity index (χ3v) is 4.48. The highest BCUT2D eigenvalue weighted by Gasteiger charge is 2.35. The Kier molecular flexibility index (Phi) is 2.51. The molecule has 1 aliphatic rings. The molecule has 16 heavy (non-hydrogen) atoms. The summed E-state index contributed by atoms with van der Waals surface area (Å²) in [7, 11) is 0. The first-order valence-corrected chi connectivity index (χ1v) is 6.55. The van der Waals surface area contributed by atoms with E-state index in [1.165, 1.54) is 15.3 Å². The molecule has 2 aromatic rings. The summed E-state index contributed by atoms with van der Waals surface area (Å²) in [5, 5.41) is 0.782. The Morgan fingerprint density at radius 1 is 1.12 bits per heavy atom. The van der Waals surface area contributed by atoms with Crippen molar-refractivity contribution in [3.63, 3.8) is 0 Å². The molecule has 1 saturated carbocycles. The van der Waals surface area contributed by atoms with Gasteiger partial charge in [0.1, 0.15) is 0 Å². The summed E-state index contributed by atoms with van der Waals surface area (Å²) in [4.78, 5) is 2.71. The van der Waals surface area contributed by atoms with Gasteiger partial charge in [-0.05, 0) is 36.2 Å². The largest absolute Gasteiger partial charge is 0.327 e. The quantitative estimate of drug-likeness (QED) is 0.859. The lowest BCUT2D eigenvalue weighted by molar-refractivity contribution is 1.01. The number of rotatable bonds is 2. The lowest BCUT2D eigenvalue weighted by atomic mass is 10.2. The number of benzene rings is 1. The summed E-state index contributed by atoms with van der Waals surface area (Å²) in [5.74, 6) is 0.603. The highest BCUT2D eigenvalue weighted by molar-refractivity contribution is 7.15. The molecule has 0 bridgehead atoms. The van der Waals surface area contributed by atoms with Crippen LogP contribution in [0.4, 0.5) is 0 Å². The highest BCUT2D eigenvalue weighted by atomic mass is 35.5. The smallest absolute Gasteiger partial charge is 0.0406 e. The Morgan fingerprint density at radius 3 is 2.44 bits per heavy atom. The summed E-state index contributed by atoms with van der Waals surface area (Å²) in [5.41, 5.74) is 7.09. The second kappa shape index (κ2) is 3.88. The van der Waals surface area contributed by atoms with Gasteiger partial charge in [-0.25, -0.2) is 0 Å². The van der Waals surface area contributed by atoms with Crippen LogP contribution < -0.4 is 5.73 Å². The second-order valence-electron chi connectivity index (χ2n) is 4.21. The van der Waals surface area contributed by atoms with Crippen molar-refractivity contribution in [2.24, 2.45) is 5.73 Å². The summed E-state index contributed by atoms with van der Waals surface area (Å²) in [6, 6.07) is 12.7. The highest BCUT2D eigenvalue weighted by Crippen LogP contribution is 2.44. The monoisotopic (exact) mass is 249 g/mol. The van der Waals surface area contributed by atoms with E-state index in [9.17, 15) is 0 Å². The van der Waals surface area contributed by atoms with Crippen LogP contribution in [0.3, 0.4) is 0 Å². The van der Waals surface area contributed by atoms with Crippen LogP contribution in [0.25, 0.3) is 10.4 Å². The first-order valence-electron chi connectivity index (χ1n) is 5.35. The molecule has 0 amide bonds. The van der Waals surface area contributed by atoms with Gasteiger partial charge in [0, 0.05) is 26.7 Å². The number of hydrogen-bond donors (Lipinski definition) is 1. The van der Waals surface area contributed by atoms with Gasteiger partial charge < -0.3 is 5.73 Å². The first-order chi connectivity index (χ1) is 7.74. The molecule has 0 unspecified atom stereocenters. The molecular weight excluding hydrogens is 238 g/mol. The van der Waals surface area contributed by atoms with E-state index in [1.807, 2.05) is 23.5 Å². The van der Waals surface area contributed by atoms with Gasteiger partial charge in [0.25, 0.3) is 0 Å². The normalized spacial score (nSPS) is 23.4. The molecule has 82 valence electrons. The van der Waals surface area contributed by atoms with Crippen LogP contribution in [0.15, 0.2) is 36.4 Å². The van der Waals surface area contributed by atoms with Crippen molar-refractivity contribution >= 4 is 22.9 Å². The van der Waals surface area contributed by atoms with Gasteiger partial charge in [0.05, 0.1) is 0 Å². The van der Waals surface area contributed by atoms with Crippen LogP contribution in [-0.2, 0) is 0 Å². The van der Waals surface area contributed by atoms with Gasteiger partial charge in [-0.3, -0.25) is 0 Å². The Hall–Kier alpha value is -0.830. The molecule has 1 nitrogen and oxygen atoms in total. The van der Waals surface area contributed by atoms with Crippen molar-refractivity contribution in [1.29, 1.82) is 0 Å². The molecule has 0 spiro atoms. The van der Waals surface area contributed by atoms with E-state index in [1.54, 1.807) is 0 Å². The lowest BCUT2D eigenvalue weighted by Crippen LogP contribution is -1.99. The predicted octanol–water partition coefficient (Wildman–Crippen LogP) is 3.88. The van der Waals surface area contributed by atoms with Crippen molar-refractivity contribution < 1.29 is 0 Å². The molecule has 3 heteroatoms. The van der Waals surface area contributed by atoms with Gasteiger partial charge >= 0.3 is 0 Å². The minimum atomic E-state index is 0.386. The topological polar surface area (TPSA) is 26.0 Å². The second-order valence-corrected chi connectivity index (χ2v) is 5.77. The van der Waals surface area contributed by atoms with Gasteiger partial charge in [-0.15, -0.1) is 11.3 Å². The van der Waals surface area contributed by atoms with E-state index >= 15 is 0 Å². The van der Waals surface area contributed by atoms with Crippen LogP contribution in [0.1, 0.15) is 17.2 Å². The lowest BCUT2D eigenvalue weighted by Gasteiger charge is -1.96. The van der Waals surface area contributed by atoms with Gasteiger partial charge in [0.2, 0.25) is 0 Å². The van der Waals surface area contributed by atoms with Gasteiger partial charge in [0.15, 0.2) is 0 Å². The maximum absolute atomic E-state index is 5.87. The van der Waals surface area contributed by atoms with Gasteiger partial charge in [-0.1, -0.05) is 23.7 Å². The molecule has 1 fully saturated rings. The molecule has 0 aliphatic heterocycles. The Bertz CT molecular complexity index is 503. The SMILES string of the molecule is N[C@@H]1C[C@H]1c1ccc(-c2ccc(Cl)cc2)s1. The number of halogens is 1. The maximum Gasteiger partial charge on any atom is 0.0406 e. The van der Waals surface area contributed by atoms with Crippen molar-refractivity contribution in [3.8, 4) is 10.4 Å². The maximum atomic E-state index is 5.87. The molecule has 1 heterocycles. The van der Waals surface area contributed by atoms with Crippen molar-refractivity contribution in [3.05, 3.63) is 46.3 Å². The fourth-order valence-electron chi connectivity index (χ4n) is 1.86. The fourth-order valence-corrected chi connectivity index (χ4v) is 3.19. The first kappa shape index (κ1) is 10.3. The van der Waals surface area contributed by atoms with Crippen LogP contribution in [0, 0.1) is 0 Å². The predicted molar refractivity (Wildman–Crippen MR) is 70.1 cm³/mol. The van der Waals surface area contributed by atoms with E-state index in [4.69, 9.17) is 17.3 Å². The zero-order chi connectivity index (χ0) is 11.1. The molecule has 1 aliphatic carbocycles. The zero-order valence-electron chi connectivity index (χ0n) is 8.69. The van der Waals surface area contributed by atoms with Crippen molar-refractivity contribution in [2.75, 3.05) is 0 Å². The fraction of sp³-hybridized carbons (Fsp3) is 0.231. The minimum Gasteiger partial charge on any atom is -0.327 e. The van der Waals surface area contributed by atoms with Gasteiger partial charge in [-0.2, -0.15) is 0 Å². The molecule has 2 atom stereocenters. The average Bonchev–Trinajstić information content (AvgIpc) is 2.82. The summed E-state index contributed by atoms with van der Waals surface area (Å²) in [6.45, 7) is 0. The molecule has 0 saturated heterocycles. The number of nitrogens with two attached hydrogens (primary N) is 1. The molecule has 2 N–H and O–H groups in total. The summed E-state index contributed by atoms with van der Waals surface area (Å²) in [6.07, 6.45) is 1.14. The Morgan fingerprint density at radius 2 is 1.81 bits per heavy atom. The van der Waals surface area contributed by atoms with Crippen LogP contribution in [0.2, 0.25) is 5.02 Å². The Balaban J connectivity index is 1.89. The summed E-state index contributed by atoms with van der Waals surface area (Å²) >= 11 is 7.71. The molecule has 1 aromatic heterocycles. The van der Waals surface area contributed by atoms with E-state index in [2.05, 4.69) is 24.3 Å². The van der Waals surface area contributed by atoms with Crippen molar-refractivity contribution in [2.45, 2.75) is 18.4 Å². The third kappa shape index (κ3) is 1.88. The average molecular weight is 250 g/mol. The van der Waals surface area contributed by atoms with Crippen LogP contribution in [-0.4, -0.2) is 6.04 Å². The van der Waals surface area contributed by atoms with Crippen LogP contribution in [0.5, 0.6) is 0 Å². The van der Waals surface area contributed by atoms with E-state index in [0.717, 1.165) is 11.4 Å². The van der Waals surface area contributed by atoms with E-state index < -0.39 is 0 Å². The van der Waals surface area contributed by atoms with Crippen molar-refractivity contribution in [1.82, 2.24) is 0 Å². The third-order valence-electron chi connectivity index (χ3n) is 2.96. The molecule has 3 rings (SSSR count). The zero-order valence-corrected chi connectivity index (χ0v) is 10.3.